The normalized spacial score (nSPS) is 16.4. The number of likely N-dealkylation sites (tertiary alicyclic amines) is 1. The Bertz CT molecular complexity index is 410. The van der Waals surface area contributed by atoms with Gasteiger partial charge in [0.05, 0.1) is 0 Å². The molecule has 0 aromatic heterocycles. The van der Waals surface area contributed by atoms with Crippen molar-refractivity contribution in [2.45, 2.75) is 19.4 Å². The second-order valence-electron chi connectivity index (χ2n) is 5.19. The number of likely N-dealkylation sites (N-methyl/N-ethyl adjacent to an activating group) is 1. The fraction of sp³-hybridized carbons (Fsp3) is 0.571. The van der Waals surface area contributed by atoms with Crippen molar-refractivity contribution in [2.75, 3.05) is 33.2 Å². The van der Waals surface area contributed by atoms with Crippen LogP contribution in [-0.4, -0.2) is 48.1 Å². The average molecular weight is 270 g/mol. The number of rotatable bonds is 5. The van der Waals surface area contributed by atoms with Gasteiger partial charge in [0.1, 0.15) is 0 Å². The summed E-state index contributed by atoms with van der Waals surface area (Å²) in [6.45, 7) is 4.62. The van der Waals surface area contributed by atoms with Gasteiger partial charge < -0.3 is 14.9 Å². The molecule has 1 N–H and O–H groups in total. The van der Waals surface area contributed by atoms with E-state index in [4.69, 9.17) is 5.11 Å². The van der Waals surface area contributed by atoms with Gasteiger partial charge in [-0.25, -0.2) is 8.78 Å². The second-order valence-corrected chi connectivity index (χ2v) is 5.19. The monoisotopic (exact) mass is 270 g/mol. The third kappa shape index (κ3) is 3.88. The lowest BCUT2D eigenvalue weighted by Crippen LogP contribution is -2.31. The maximum Gasteiger partial charge on any atom is 0.187 e. The summed E-state index contributed by atoms with van der Waals surface area (Å²) in [6, 6.07) is 2.37. The van der Waals surface area contributed by atoms with E-state index in [-0.39, 0.29) is 0 Å². The van der Waals surface area contributed by atoms with Gasteiger partial charge in [-0.2, -0.15) is 0 Å². The molecule has 0 amide bonds. The van der Waals surface area contributed by atoms with Crippen LogP contribution in [0.3, 0.4) is 0 Å². The Balaban J connectivity index is 1.85. The number of hydrogen-bond acceptors (Lipinski definition) is 3. The van der Waals surface area contributed by atoms with Crippen LogP contribution in [0.15, 0.2) is 12.1 Å². The van der Waals surface area contributed by atoms with E-state index in [1.165, 1.54) is 25.0 Å². The van der Waals surface area contributed by atoms with E-state index < -0.39 is 17.4 Å². The number of benzene rings is 1. The van der Waals surface area contributed by atoms with Gasteiger partial charge >= 0.3 is 0 Å². The van der Waals surface area contributed by atoms with Gasteiger partial charge in [0.15, 0.2) is 17.4 Å². The highest BCUT2D eigenvalue weighted by Gasteiger charge is 2.13. The Labute approximate surface area is 112 Å². The Morgan fingerprint density at radius 1 is 1.21 bits per heavy atom. The zero-order valence-electron chi connectivity index (χ0n) is 11.2. The first-order chi connectivity index (χ1) is 9.06. The van der Waals surface area contributed by atoms with Crippen LogP contribution in [-0.2, 0) is 6.54 Å². The molecule has 1 fully saturated rings. The van der Waals surface area contributed by atoms with Crippen LogP contribution < -0.4 is 0 Å². The molecule has 106 valence electrons. The first kappa shape index (κ1) is 14.2. The quantitative estimate of drug-likeness (QED) is 0.888. The highest BCUT2D eigenvalue weighted by Crippen LogP contribution is 2.22. The molecule has 0 saturated carbocycles. The van der Waals surface area contributed by atoms with E-state index in [0.29, 0.717) is 12.1 Å². The summed E-state index contributed by atoms with van der Waals surface area (Å²) in [5.41, 5.74) is 0.539. The highest BCUT2D eigenvalue weighted by atomic mass is 19.1. The molecule has 3 nitrogen and oxygen atoms in total. The summed E-state index contributed by atoms with van der Waals surface area (Å²) < 4.78 is 26.4. The molecule has 0 spiro atoms. The standard InChI is InChI=1S/C14H20F2N2O/c1-17(6-7-18-4-2-3-5-18)10-11-8-12(15)14(19)13(16)9-11/h8-9,19H,2-7,10H2,1H3. The van der Waals surface area contributed by atoms with Crippen molar-refractivity contribution < 1.29 is 13.9 Å². The molecule has 0 aliphatic carbocycles. The van der Waals surface area contributed by atoms with Crippen molar-refractivity contribution >= 4 is 0 Å². The van der Waals surface area contributed by atoms with E-state index in [9.17, 15) is 8.78 Å². The van der Waals surface area contributed by atoms with E-state index in [0.717, 1.165) is 26.2 Å². The molecule has 1 aromatic carbocycles. The maximum atomic E-state index is 13.2. The van der Waals surface area contributed by atoms with Crippen LogP contribution in [0, 0.1) is 11.6 Å². The van der Waals surface area contributed by atoms with Crippen molar-refractivity contribution in [1.82, 2.24) is 9.80 Å². The first-order valence-corrected chi connectivity index (χ1v) is 6.64. The largest absolute Gasteiger partial charge is 0.503 e. The Morgan fingerprint density at radius 3 is 2.37 bits per heavy atom. The maximum absolute atomic E-state index is 13.2. The zero-order chi connectivity index (χ0) is 13.8. The molecule has 1 aromatic rings. The van der Waals surface area contributed by atoms with Crippen LogP contribution in [0.4, 0.5) is 8.78 Å². The van der Waals surface area contributed by atoms with Crippen LogP contribution in [0.25, 0.3) is 0 Å². The van der Waals surface area contributed by atoms with E-state index in [1.807, 2.05) is 11.9 Å². The van der Waals surface area contributed by atoms with E-state index in [2.05, 4.69) is 4.90 Å². The van der Waals surface area contributed by atoms with Crippen molar-refractivity contribution in [1.29, 1.82) is 0 Å². The summed E-state index contributed by atoms with van der Waals surface area (Å²) in [5.74, 6) is -2.70. The minimum absolute atomic E-state index is 0.474. The molecule has 1 aliphatic rings. The SMILES string of the molecule is CN(CCN1CCCC1)Cc1cc(F)c(O)c(F)c1. The van der Waals surface area contributed by atoms with Gasteiger partial charge in [-0.05, 0) is 50.7 Å². The zero-order valence-corrected chi connectivity index (χ0v) is 11.2. The summed E-state index contributed by atoms with van der Waals surface area (Å²) in [5, 5.41) is 9.04. The molecule has 1 aliphatic heterocycles. The minimum Gasteiger partial charge on any atom is -0.503 e. The fourth-order valence-electron chi connectivity index (χ4n) is 2.42. The lowest BCUT2D eigenvalue weighted by Gasteiger charge is -2.21. The molecule has 2 rings (SSSR count). The molecule has 0 atom stereocenters. The van der Waals surface area contributed by atoms with Gasteiger partial charge in [-0.3, -0.25) is 0 Å². The molecule has 0 unspecified atom stereocenters. The summed E-state index contributed by atoms with van der Waals surface area (Å²) >= 11 is 0. The lowest BCUT2D eigenvalue weighted by atomic mass is 10.2. The van der Waals surface area contributed by atoms with Crippen LogP contribution in [0.1, 0.15) is 18.4 Å². The third-order valence-corrected chi connectivity index (χ3v) is 3.53. The van der Waals surface area contributed by atoms with Crippen molar-refractivity contribution in [2.24, 2.45) is 0 Å². The summed E-state index contributed by atoms with van der Waals surface area (Å²) in [7, 11) is 1.93. The van der Waals surface area contributed by atoms with Gasteiger partial charge in [0.25, 0.3) is 0 Å². The molecular weight excluding hydrogens is 250 g/mol. The second kappa shape index (κ2) is 6.30. The Kier molecular flexibility index (Phi) is 4.71. The molecule has 1 saturated heterocycles. The summed E-state index contributed by atoms with van der Waals surface area (Å²) in [6.07, 6.45) is 2.52. The molecule has 1 heterocycles. The first-order valence-electron chi connectivity index (χ1n) is 6.64. The fourth-order valence-corrected chi connectivity index (χ4v) is 2.42. The van der Waals surface area contributed by atoms with Crippen molar-refractivity contribution in [3.05, 3.63) is 29.3 Å². The van der Waals surface area contributed by atoms with Gasteiger partial charge in [-0.15, -0.1) is 0 Å². The van der Waals surface area contributed by atoms with Gasteiger partial charge in [-0.1, -0.05) is 0 Å². The lowest BCUT2D eigenvalue weighted by molar-refractivity contribution is 0.251. The number of phenols is 1. The van der Waals surface area contributed by atoms with Gasteiger partial charge in [0.2, 0.25) is 0 Å². The molecular formula is C14H20F2N2O. The molecule has 19 heavy (non-hydrogen) atoms. The topological polar surface area (TPSA) is 26.7 Å². The minimum atomic E-state index is -0.900. The number of phenolic OH excluding ortho intramolecular Hbond substituents is 1. The average Bonchev–Trinajstić information content (AvgIpc) is 2.86. The number of hydrogen-bond donors (Lipinski definition) is 1. The van der Waals surface area contributed by atoms with Crippen LogP contribution in [0.2, 0.25) is 0 Å². The third-order valence-electron chi connectivity index (χ3n) is 3.53. The molecule has 0 bridgehead atoms. The van der Waals surface area contributed by atoms with Crippen LogP contribution >= 0.6 is 0 Å². The van der Waals surface area contributed by atoms with Crippen molar-refractivity contribution in [3.63, 3.8) is 0 Å². The van der Waals surface area contributed by atoms with E-state index >= 15 is 0 Å². The summed E-state index contributed by atoms with van der Waals surface area (Å²) in [4.78, 5) is 4.43. The van der Waals surface area contributed by atoms with Crippen molar-refractivity contribution in [3.8, 4) is 5.75 Å². The molecule has 5 heteroatoms. The Hall–Kier alpha value is -1.20. The van der Waals surface area contributed by atoms with E-state index in [1.54, 1.807) is 0 Å². The van der Waals surface area contributed by atoms with Gasteiger partial charge in [0, 0.05) is 19.6 Å². The number of halogens is 2. The highest BCUT2D eigenvalue weighted by molar-refractivity contribution is 5.29. The molecule has 0 radical (unpaired) electrons. The number of nitrogens with zero attached hydrogens (tertiary/aromatic N) is 2. The number of aromatic hydroxyl groups is 1. The Morgan fingerprint density at radius 2 is 1.79 bits per heavy atom. The predicted octanol–water partition coefficient (Wildman–Crippen LogP) is 2.20. The van der Waals surface area contributed by atoms with Crippen LogP contribution in [0.5, 0.6) is 5.75 Å². The smallest absolute Gasteiger partial charge is 0.187 e. The predicted molar refractivity (Wildman–Crippen MR) is 70.0 cm³/mol.